The van der Waals surface area contributed by atoms with Crippen LogP contribution in [0.25, 0.3) is 10.9 Å². The predicted octanol–water partition coefficient (Wildman–Crippen LogP) is 2.49. The molecule has 1 atom stereocenters. The summed E-state index contributed by atoms with van der Waals surface area (Å²) in [5, 5.41) is 3.97. The molecule has 2 amide bonds. The van der Waals surface area contributed by atoms with Gasteiger partial charge in [-0.1, -0.05) is 18.2 Å². The van der Waals surface area contributed by atoms with Crippen LogP contribution in [0.5, 0.6) is 0 Å². The number of rotatable bonds is 3. The molecular formula is C18H19N3O2. The van der Waals surface area contributed by atoms with Gasteiger partial charge in [-0.3, -0.25) is 14.6 Å². The Hall–Kier alpha value is -2.43. The zero-order valence-corrected chi connectivity index (χ0v) is 13.1. The minimum Gasteiger partial charge on any atom is -0.339 e. The molecule has 4 rings (SSSR count). The monoisotopic (exact) mass is 309 g/mol. The molecule has 1 aromatic carbocycles. The number of fused-ring (bicyclic) bond motifs is 1. The zero-order chi connectivity index (χ0) is 16.0. The van der Waals surface area contributed by atoms with Crippen molar-refractivity contribution in [3.63, 3.8) is 0 Å². The highest BCUT2D eigenvalue weighted by Gasteiger charge is 2.41. The molecule has 5 heteroatoms. The van der Waals surface area contributed by atoms with Gasteiger partial charge in [-0.15, -0.1) is 0 Å². The van der Waals surface area contributed by atoms with Gasteiger partial charge >= 0.3 is 0 Å². The summed E-state index contributed by atoms with van der Waals surface area (Å²) in [5.41, 5.74) is 2.42. The third kappa shape index (κ3) is 2.67. The number of carbonyl (C=O) groups excluding carboxylic acids is 2. The number of aryl methyl sites for hydroxylation is 1. The molecule has 2 fully saturated rings. The number of carbonyl (C=O) groups is 2. The normalized spacial score (nSPS) is 21.0. The quantitative estimate of drug-likeness (QED) is 0.947. The number of hydrogen-bond acceptors (Lipinski definition) is 3. The SMILES string of the molecule is Cc1ccc2cccc(NC(=O)[C@H]3CC(=O)N(C4CC4)C3)c2n1. The Labute approximate surface area is 134 Å². The van der Waals surface area contributed by atoms with E-state index in [0.717, 1.165) is 29.4 Å². The highest BCUT2D eigenvalue weighted by molar-refractivity contribution is 6.03. The van der Waals surface area contributed by atoms with Gasteiger partial charge in [0, 0.05) is 30.1 Å². The van der Waals surface area contributed by atoms with Crippen molar-refractivity contribution in [2.24, 2.45) is 5.92 Å². The summed E-state index contributed by atoms with van der Waals surface area (Å²) in [5.74, 6) is -0.236. The predicted molar refractivity (Wildman–Crippen MR) is 88.0 cm³/mol. The molecule has 2 aliphatic rings. The molecule has 0 unspecified atom stereocenters. The summed E-state index contributed by atoms with van der Waals surface area (Å²) in [7, 11) is 0. The van der Waals surface area contributed by atoms with Crippen LogP contribution >= 0.6 is 0 Å². The number of aromatic nitrogens is 1. The molecule has 0 spiro atoms. The molecule has 1 aliphatic heterocycles. The lowest BCUT2D eigenvalue weighted by Gasteiger charge is -2.15. The van der Waals surface area contributed by atoms with Crippen molar-refractivity contribution < 1.29 is 9.59 Å². The Morgan fingerprint density at radius 3 is 2.87 bits per heavy atom. The van der Waals surface area contributed by atoms with E-state index in [2.05, 4.69) is 10.3 Å². The summed E-state index contributed by atoms with van der Waals surface area (Å²) < 4.78 is 0. The molecule has 2 aromatic rings. The van der Waals surface area contributed by atoms with Crippen LogP contribution in [0.3, 0.4) is 0 Å². The molecule has 23 heavy (non-hydrogen) atoms. The first-order valence-electron chi connectivity index (χ1n) is 8.08. The van der Waals surface area contributed by atoms with Crippen molar-refractivity contribution in [1.82, 2.24) is 9.88 Å². The largest absolute Gasteiger partial charge is 0.339 e. The molecule has 2 heterocycles. The third-order valence-electron chi connectivity index (χ3n) is 4.63. The maximum atomic E-state index is 12.6. The van der Waals surface area contributed by atoms with Crippen molar-refractivity contribution in [2.75, 3.05) is 11.9 Å². The fourth-order valence-electron chi connectivity index (χ4n) is 3.23. The topological polar surface area (TPSA) is 62.3 Å². The number of likely N-dealkylation sites (tertiary alicyclic amines) is 1. The molecule has 0 bridgehead atoms. The van der Waals surface area contributed by atoms with Gasteiger partial charge in [-0.05, 0) is 31.9 Å². The van der Waals surface area contributed by atoms with Crippen molar-refractivity contribution in [3.05, 3.63) is 36.0 Å². The minimum atomic E-state index is -0.261. The summed E-state index contributed by atoms with van der Waals surface area (Å²) in [6.45, 7) is 2.48. The average molecular weight is 309 g/mol. The lowest BCUT2D eigenvalue weighted by Crippen LogP contribution is -2.29. The Kier molecular flexibility index (Phi) is 3.29. The van der Waals surface area contributed by atoms with E-state index in [-0.39, 0.29) is 17.7 Å². The number of para-hydroxylation sites is 1. The first-order chi connectivity index (χ1) is 11.1. The summed E-state index contributed by atoms with van der Waals surface area (Å²) >= 11 is 0. The Morgan fingerprint density at radius 2 is 2.09 bits per heavy atom. The van der Waals surface area contributed by atoms with Crippen LogP contribution in [-0.2, 0) is 9.59 Å². The van der Waals surface area contributed by atoms with Crippen LogP contribution in [0.2, 0.25) is 0 Å². The molecular weight excluding hydrogens is 290 g/mol. The van der Waals surface area contributed by atoms with Gasteiger partial charge in [-0.25, -0.2) is 0 Å². The average Bonchev–Trinajstić information content (AvgIpc) is 3.30. The van der Waals surface area contributed by atoms with Gasteiger partial charge in [0.15, 0.2) is 0 Å². The highest BCUT2D eigenvalue weighted by atomic mass is 16.2. The van der Waals surface area contributed by atoms with Crippen molar-refractivity contribution in [3.8, 4) is 0 Å². The Morgan fingerprint density at radius 1 is 1.26 bits per heavy atom. The van der Waals surface area contributed by atoms with E-state index in [0.29, 0.717) is 24.7 Å². The summed E-state index contributed by atoms with van der Waals surface area (Å²) in [4.78, 5) is 31.0. The summed E-state index contributed by atoms with van der Waals surface area (Å²) in [6, 6.07) is 10.1. The van der Waals surface area contributed by atoms with Crippen molar-refractivity contribution in [1.29, 1.82) is 0 Å². The van der Waals surface area contributed by atoms with Gasteiger partial charge in [0.25, 0.3) is 0 Å². The molecule has 5 nitrogen and oxygen atoms in total. The molecule has 1 saturated carbocycles. The number of nitrogens with zero attached hydrogens (tertiary/aromatic N) is 2. The molecule has 0 radical (unpaired) electrons. The standard InChI is InChI=1S/C18H19N3O2/c1-11-5-6-12-3-2-4-15(17(12)19-11)20-18(23)13-9-16(22)21(10-13)14-7-8-14/h2-6,13-14H,7-10H2,1H3,(H,20,23)/t13-/m0/s1. The molecule has 118 valence electrons. The zero-order valence-electron chi connectivity index (χ0n) is 13.1. The van der Waals surface area contributed by atoms with E-state index in [1.54, 1.807) is 0 Å². The molecule has 1 saturated heterocycles. The van der Waals surface area contributed by atoms with Gasteiger partial charge in [-0.2, -0.15) is 0 Å². The number of nitrogens with one attached hydrogen (secondary N) is 1. The number of hydrogen-bond donors (Lipinski definition) is 1. The van der Waals surface area contributed by atoms with E-state index in [4.69, 9.17) is 0 Å². The maximum Gasteiger partial charge on any atom is 0.229 e. The lowest BCUT2D eigenvalue weighted by molar-refractivity contribution is -0.128. The second-order valence-corrected chi connectivity index (χ2v) is 6.50. The van der Waals surface area contributed by atoms with Gasteiger partial charge in [0.05, 0.1) is 17.1 Å². The highest BCUT2D eigenvalue weighted by Crippen LogP contribution is 2.33. The van der Waals surface area contributed by atoms with E-state index < -0.39 is 0 Å². The van der Waals surface area contributed by atoms with Gasteiger partial charge < -0.3 is 10.2 Å². The van der Waals surface area contributed by atoms with Gasteiger partial charge in [0.1, 0.15) is 0 Å². The Bertz CT molecular complexity index is 798. The van der Waals surface area contributed by atoms with Gasteiger partial charge in [0.2, 0.25) is 11.8 Å². The van der Waals surface area contributed by atoms with E-state index in [1.807, 2.05) is 42.2 Å². The van der Waals surface area contributed by atoms with Crippen LogP contribution in [0.15, 0.2) is 30.3 Å². The Balaban J connectivity index is 1.55. The van der Waals surface area contributed by atoms with Crippen LogP contribution < -0.4 is 5.32 Å². The number of pyridine rings is 1. The second-order valence-electron chi connectivity index (χ2n) is 6.50. The van der Waals surface area contributed by atoms with E-state index in [9.17, 15) is 9.59 Å². The molecule has 1 aromatic heterocycles. The van der Waals surface area contributed by atoms with E-state index in [1.165, 1.54) is 0 Å². The van der Waals surface area contributed by atoms with E-state index >= 15 is 0 Å². The maximum absolute atomic E-state index is 12.6. The van der Waals surface area contributed by atoms with Crippen LogP contribution in [-0.4, -0.2) is 34.3 Å². The fourth-order valence-corrected chi connectivity index (χ4v) is 3.23. The lowest BCUT2D eigenvalue weighted by atomic mass is 10.1. The van der Waals surface area contributed by atoms with Crippen molar-refractivity contribution >= 4 is 28.4 Å². The minimum absolute atomic E-state index is 0.0858. The second kappa shape index (κ2) is 5.33. The van der Waals surface area contributed by atoms with Crippen LogP contribution in [0, 0.1) is 12.8 Å². The third-order valence-corrected chi connectivity index (χ3v) is 4.63. The van der Waals surface area contributed by atoms with Crippen LogP contribution in [0.1, 0.15) is 25.0 Å². The first kappa shape index (κ1) is 14.2. The fraction of sp³-hybridized carbons (Fsp3) is 0.389. The molecule has 1 aliphatic carbocycles. The van der Waals surface area contributed by atoms with Crippen LogP contribution in [0.4, 0.5) is 5.69 Å². The molecule has 1 N–H and O–H groups in total. The summed E-state index contributed by atoms with van der Waals surface area (Å²) in [6.07, 6.45) is 2.47. The number of anilines is 1. The van der Waals surface area contributed by atoms with Crippen molar-refractivity contribution in [2.45, 2.75) is 32.2 Å². The first-order valence-corrected chi connectivity index (χ1v) is 8.08. The number of amides is 2. The smallest absolute Gasteiger partial charge is 0.229 e. The number of benzene rings is 1.